The summed E-state index contributed by atoms with van der Waals surface area (Å²) in [6.45, 7) is 3.43. The standard InChI is InChI=1S/C21H18Cl2F3N3O2/c1-11-8-12(21(24,25)26)9-16-19(11)28-17(27-16)10-14-15(22)3-2-13(18(14)23)20(30)29-4-6-31-7-5-29/h2-3,8-9H,4-7,10H2,1H3,(H,27,28). The predicted molar refractivity (Wildman–Crippen MR) is 112 cm³/mol. The Morgan fingerprint density at radius 3 is 2.61 bits per heavy atom. The highest BCUT2D eigenvalue weighted by Gasteiger charge is 2.31. The van der Waals surface area contributed by atoms with Crippen molar-refractivity contribution in [2.45, 2.75) is 19.5 Å². The first-order chi connectivity index (χ1) is 14.6. The van der Waals surface area contributed by atoms with E-state index in [0.717, 1.165) is 12.1 Å². The lowest BCUT2D eigenvalue weighted by Gasteiger charge is -2.27. The van der Waals surface area contributed by atoms with Gasteiger partial charge in [0.25, 0.3) is 5.91 Å². The van der Waals surface area contributed by atoms with Gasteiger partial charge >= 0.3 is 6.18 Å². The number of morpholine rings is 1. The Balaban J connectivity index is 1.68. The van der Waals surface area contributed by atoms with Crippen LogP contribution in [0.4, 0.5) is 13.2 Å². The van der Waals surface area contributed by atoms with Gasteiger partial charge in [-0.05, 0) is 42.3 Å². The second-order valence-corrected chi connectivity index (χ2v) is 8.12. The lowest BCUT2D eigenvalue weighted by Crippen LogP contribution is -2.40. The number of nitrogens with zero attached hydrogens (tertiary/aromatic N) is 2. The number of nitrogens with one attached hydrogen (secondary N) is 1. The molecule has 0 radical (unpaired) electrons. The molecule has 0 saturated carbocycles. The molecule has 1 amide bonds. The van der Waals surface area contributed by atoms with Crippen molar-refractivity contribution >= 4 is 40.1 Å². The number of carbonyl (C=O) groups is 1. The Morgan fingerprint density at radius 2 is 1.94 bits per heavy atom. The number of hydrogen-bond donors (Lipinski definition) is 1. The second kappa shape index (κ2) is 8.33. The lowest BCUT2D eigenvalue weighted by atomic mass is 10.1. The van der Waals surface area contributed by atoms with Gasteiger partial charge in [0.05, 0.1) is 40.4 Å². The monoisotopic (exact) mass is 471 g/mol. The van der Waals surface area contributed by atoms with Crippen molar-refractivity contribution in [3.8, 4) is 0 Å². The Morgan fingerprint density at radius 1 is 1.23 bits per heavy atom. The average Bonchev–Trinajstić information content (AvgIpc) is 3.14. The molecule has 3 aromatic rings. The molecule has 1 aliphatic heterocycles. The summed E-state index contributed by atoms with van der Waals surface area (Å²) in [6.07, 6.45) is -4.32. The highest BCUT2D eigenvalue weighted by atomic mass is 35.5. The Kier molecular flexibility index (Phi) is 5.89. The molecular formula is C21H18Cl2F3N3O2. The maximum atomic E-state index is 13.1. The molecule has 31 heavy (non-hydrogen) atoms. The molecule has 1 aromatic heterocycles. The summed E-state index contributed by atoms with van der Waals surface area (Å²) in [7, 11) is 0. The largest absolute Gasteiger partial charge is 0.416 e. The number of ether oxygens (including phenoxy) is 1. The molecule has 0 spiro atoms. The second-order valence-electron chi connectivity index (χ2n) is 7.34. The van der Waals surface area contributed by atoms with Crippen LogP contribution in [0.15, 0.2) is 24.3 Å². The van der Waals surface area contributed by atoms with Gasteiger partial charge in [-0.1, -0.05) is 23.2 Å². The fourth-order valence-corrected chi connectivity index (χ4v) is 4.20. The number of rotatable bonds is 3. The summed E-state index contributed by atoms with van der Waals surface area (Å²) in [5.74, 6) is 0.179. The fourth-order valence-electron chi connectivity index (χ4n) is 3.62. The Bertz CT molecular complexity index is 1150. The van der Waals surface area contributed by atoms with E-state index in [0.29, 0.717) is 59.4 Å². The number of fused-ring (bicyclic) bond motifs is 1. The minimum Gasteiger partial charge on any atom is -0.378 e. The van der Waals surface area contributed by atoms with E-state index in [1.165, 1.54) is 0 Å². The van der Waals surface area contributed by atoms with Crippen LogP contribution in [-0.2, 0) is 17.3 Å². The molecule has 1 aliphatic rings. The molecule has 0 atom stereocenters. The van der Waals surface area contributed by atoms with E-state index in [2.05, 4.69) is 9.97 Å². The first kappa shape index (κ1) is 21.9. The van der Waals surface area contributed by atoms with Gasteiger partial charge in [0, 0.05) is 24.5 Å². The van der Waals surface area contributed by atoms with Crippen LogP contribution in [0.5, 0.6) is 0 Å². The van der Waals surface area contributed by atoms with E-state index in [1.54, 1.807) is 24.0 Å². The molecule has 2 aromatic carbocycles. The summed E-state index contributed by atoms with van der Waals surface area (Å²) in [5.41, 5.74) is 1.17. The SMILES string of the molecule is Cc1cc(C(F)(F)F)cc2[nH]c(Cc3c(Cl)ccc(C(=O)N4CCOCC4)c3Cl)nc12. The van der Waals surface area contributed by atoms with Crippen molar-refractivity contribution in [3.05, 3.63) is 62.4 Å². The van der Waals surface area contributed by atoms with Crippen molar-refractivity contribution in [2.75, 3.05) is 26.3 Å². The van der Waals surface area contributed by atoms with Gasteiger partial charge in [0.15, 0.2) is 0 Å². The fraction of sp³-hybridized carbons (Fsp3) is 0.333. The van der Waals surface area contributed by atoms with Gasteiger partial charge in [-0.25, -0.2) is 4.98 Å². The third kappa shape index (κ3) is 4.37. The number of aromatic nitrogens is 2. The molecule has 1 saturated heterocycles. The molecule has 1 N–H and O–H groups in total. The van der Waals surface area contributed by atoms with Gasteiger partial charge in [-0.2, -0.15) is 13.2 Å². The van der Waals surface area contributed by atoms with Crippen LogP contribution in [0.1, 0.15) is 32.9 Å². The van der Waals surface area contributed by atoms with E-state index in [-0.39, 0.29) is 22.9 Å². The van der Waals surface area contributed by atoms with Gasteiger partial charge < -0.3 is 14.6 Å². The third-order valence-electron chi connectivity index (χ3n) is 5.21. The summed E-state index contributed by atoms with van der Waals surface area (Å²) < 4.78 is 44.6. The van der Waals surface area contributed by atoms with E-state index in [1.807, 2.05) is 0 Å². The van der Waals surface area contributed by atoms with Crippen molar-refractivity contribution in [3.63, 3.8) is 0 Å². The van der Waals surface area contributed by atoms with Crippen LogP contribution >= 0.6 is 23.2 Å². The number of imidazole rings is 1. The number of halogens is 5. The van der Waals surface area contributed by atoms with Gasteiger partial charge in [-0.3, -0.25) is 4.79 Å². The minimum absolute atomic E-state index is 0.136. The Labute approximate surface area is 186 Å². The number of benzene rings is 2. The number of H-pyrrole nitrogens is 1. The van der Waals surface area contributed by atoms with Crippen LogP contribution < -0.4 is 0 Å². The minimum atomic E-state index is -4.45. The van der Waals surface area contributed by atoms with E-state index in [9.17, 15) is 18.0 Å². The molecule has 0 bridgehead atoms. The normalized spacial score (nSPS) is 15.0. The molecule has 4 rings (SSSR count). The van der Waals surface area contributed by atoms with Gasteiger partial charge in [0.1, 0.15) is 5.82 Å². The van der Waals surface area contributed by atoms with Crippen molar-refractivity contribution < 1.29 is 22.7 Å². The Hall–Kier alpha value is -2.29. The molecular weight excluding hydrogens is 454 g/mol. The summed E-state index contributed by atoms with van der Waals surface area (Å²) in [5, 5.41) is 0.550. The molecule has 2 heterocycles. The average molecular weight is 472 g/mol. The molecule has 0 unspecified atom stereocenters. The number of alkyl halides is 3. The molecule has 10 heteroatoms. The summed E-state index contributed by atoms with van der Waals surface area (Å²) in [4.78, 5) is 21.9. The topological polar surface area (TPSA) is 58.2 Å². The predicted octanol–water partition coefficient (Wildman–Crippen LogP) is 5.26. The summed E-state index contributed by atoms with van der Waals surface area (Å²) in [6, 6.07) is 5.26. The smallest absolute Gasteiger partial charge is 0.378 e. The first-order valence-electron chi connectivity index (χ1n) is 9.55. The maximum Gasteiger partial charge on any atom is 0.416 e. The van der Waals surface area contributed by atoms with E-state index >= 15 is 0 Å². The zero-order chi connectivity index (χ0) is 22.3. The molecule has 164 valence electrons. The highest BCUT2D eigenvalue weighted by Crippen LogP contribution is 2.34. The quantitative estimate of drug-likeness (QED) is 0.566. The van der Waals surface area contributed by atoms with Crippen molar-refractivity contribution in [1.29, 1.82) is 0 Å². The van der Waals surface area contributed by atoms with E-state index < -0.39 is 11.7 Å². The van der Waals surface area contributed by atoms with Gasteiger partial charge in [-0.15, -0.1) is 0 Å². The van der Waals surface area contributed by atoms with Crippen LogP contribution in [0.3, 0.4) is 0 Å². The molecule has 5 nitrogen and oxygen atoms in total. The van der Waals surface area contributed by atoms with Gasteiger partial charge in [0.2, 0.25) is 0 Å². The van der Waals surface area contributed by atoms with Crippen LogP contribution in [-0.4, -0.2) is 47.1 Å². The van der Waals surface area contributed by atoms with Crippen LogP contribution in [0.25, 0.3) is 11.0 Å². The maximum absolute atomic E-state index is 13.1. The lowest BCUT2D eigenvalue weighted by molar-refractivity contribution is -0.137. The number of aromatic amines is 1. The van der Waals surface area contributed by atoms with E-state index in [4.69, 9.17) is 27.9 Å². The van der Waals surface area contributed by atoms with Crippen LogP contribution in [0, 0.1) is 6.92 Å². The first-order valence-corrected chi connectivity index (χ1v) is 10.3. The van der Waals surface area contributed by atoms with Crippen molar-refractivity contribution in [1.82, 2.24) is 14.9 Å². The number of amides is 1. The zero-order valence-corrected chi connectivity index (χ0v) is 18.0. The summed E-state index contributed by atoms with van der Waals surface area (Å²) >= 11 is 12.9. The van der Waals surface area contributed by atoms with Crippen LogP contribution in [0.2, 0.25) is 10.0 Å². The molecule has 0 aliphatic carbocycles. The highest BCUT2D eigenvalue weighted by molar-refractivity contribution is 6.38. The molecule has 1 fully saturated rings. The number of aryl methyl sites for hydroxylation is 1. The van der Waals surface area contributed by atoms with Crippen molar-refractivity contribution in [2.24, 2.45) is 0 Å². The number of carbonyl (C=O) groups excluding carboxylic acids is 1. The number of hydrogen-bond acceptors (Lipinski definition) is 3. The third-order valence-corrected chi connectivity index (χ3v) is 6.00. The zero-order valence-electron chi connectivity index (χ0n) is 16.4.